The maximum atomic E-state index is 10.8. The molecule has 0 heterocycles. The average Bonchev–Trinajstić information content (AvgIpc) is 2.47. The zero-order valence-corrected chi connectivity index (χ0v) is 14.4. The SMILES string of the molecule is COC(=O)NN=Cc1ccc(N(CCBr)CCBr)cc1. The van der Waals surface area contributed by atoms with Gasteiger partial charge in [0.1, 0.15) is 0 Å². The number of methoxy groups -OCH3 is 1. The highest BCUT2D eigenvalue weighted by atomic mass is 79.9. The molecule has 0 atom stereocenters. The fourth-order valence-electron chi connectivity index (χ4n) is 1.55. The van der Waals surface area contributed by atoms with Crippen LogP contribution in [0.15, 0.2) is 29.4 Å². The number of amides is 1. The van der Waals surface area contributed by atoms with Gasteiger partial charge in [-0.05, 0) is 17.7 Å². The zero-order valence-electron chi connectivity index (χ0n) is 11.2. The summed E-state index contributed by atoms with van der Waals surface area (Å²) in [4.78, 5) is 13.1. The minimum Gasteiger partial charge on any atom is -0.452 e. The van der Waals surface area contributed by atoms with E-state index in [2.05, 4.69) is 52.0 Å². The minimum atomic E-state index is -0.585. The van der Waals surface area contributed by atoms with Crippen LogP contribution in [0.3, 0.4) is 0 Å². The van der Waals surface area contributed by atoms with Crippen LogP contribution in [0.2, 0.25) is 0 Å². The number of carbonyl (C=O) groups is 1. The van der Waals surface area contributed by atoms with Crippen LogP contribution in [0, 0.1) is 0 Å². The Hall–Kier alpha value is -1.08. The molecule has 0 aliphatic rings. The van der Waals surface area contributed by atoms with Gasteiger partial charge in [-0.3, -0.25) is 0 Å². The normalized spacial score (nSPS) is 10.6. The van der Waals surface area contributed by atoms with Crippen molar-refractivity contribution in [2.24, 2.45) is 5.10 Å². The first-order chi connectivity index (χ1) is 9.71. The summed E-state index contributed by atoms with van der Waals surface area (Å²) >= 11 is 6.91. The van der Waals surface area contributed by atoms with Crippen LogP contribution in [0.4, 0.5) is 10.5 Å². The average molecular weight is 407 g/mol. The van der Waals surface area contributed by atoms with Crippen molar-refractivity contribution in [1.82, 2.24) is 5.43 Å². The molecule has 0 aliphatic heterocycles. The van der Waals surface area contributed by atoms with Crippen molar-refractivity contribution < 1.29 is 9.53 Å². The van der Waals surface area contributed by atoms with E-state index < -0.39 is 6.09 Å². The number of hydrogen-bond acceptors (Lipinski definition) is 4. The van der Waals surface area contributed by atoms with E-state index in [4.69, 9.17) is 0 Å². The van der Waals surface area contributed by atoms with E-state index in [0.29, 0.717) is 0 Å². The lowest BCUT2D eigenvalue weighted by Gasteiger charge is -2.23. The van der Waals surface area contributed by atoms with Crippen molar-refractivity contribution in [3.63, 3.8) is 0 Å². The summed E-state index contributed by atoms with van der Waals surface area (Å²) in [6, 6.07) is 7.97. The number of rotatable bonds is 7. The monoisotopic (exact) mass is 405 g/mol. The lowest BCUT2D eigenvalue weighted by molar-refractivity contribution is 0.171. The van der Waals surface area contributed by atoms with E-state index in [1.54, 1.807) is 6.21 Å². The number of nitrogens with one attached hydrogen (secondary N) is 1. The first-order valence-corrected chi connectivity index (χ1v) is 8.29. The number of anilines is 1. The molecule has 0 fully saturated rings. The third kappa shape index (κ3) is 5.92. The Morgan fingerprint density at radius 3 is 2.40 bits per heavy atom. The molecule has 110 valence electrons. The third-order valence-corrected chi connectivity index (χ3v) is 3.23. The molecule has 1 N–H and O–H groups in total. The van der Waals surface area contributed by atoms with E-state index in [-0.39, 0.29) is 0 Å². The molecule has 0 unspecified atom stereocenters. The topological polar surface area (TPSA) is 53.9 Å². The minimum absolute atomic E-state index is 0.585. The van der Waals surface area contributed by atoms with Gasteiger partial charge in [0.15, 0.2) is 0 Å². The van der Waals surface area contributed by atoms with Crippen LogP contribution >= 0.6 is 31.9 Å². The smallest absolute Gasteiger partial charge is 0.427 e. The molecular weight excluding hydrogens is 390 g/mol. The van der Waals surface area contributed by atoms with Gasteiger partial charge in [0, 0.05) is 29.4 Å². The molecule has 0 spiro atoms. The molecule has 0 bridgehead atoms. The lowest BCUT2D eigenvalue weighted by atomic mass is 10.2. The summed E-state index contributed by atoms with van der Waals surface area (Å²) in [6.07, 6.45) is 0.985. The highest BCUT2D eigenvalue weighted by molar-refractivity contribution is 9.09. The van der Waals surface area contributed by atoms with Gasteiger partial charge < -0.3 is 9.64 Å². The van der Waals surface area contributed by atoms with E-state index in [1.165, 1.54) is 7.11 Å². The molecule has 1 rings (SSSR count). The Morgan fingerprint density at radius 1 is 1.30 bits per heavy atom. The standard InChI is InChI=1S/C13H17Br2N3O2/c1-20-13(19)17-16-10-11-2-4-12(5-3-11)18(8-6-14)9-7-15/h2-5,10H,6-9H2,1H3,(H,17,19). The van der Waals surface area contributed by atoms with Crippen LogP contribution in [0.1, 0.15) is 5.56 Å². The van der Waals surface area contributed by atoms with E-state index in [0.717, 1.165) is 35.0 Å². The summed E-state index contributed by atoms with van der Waals surface area (Å²) in [5, 5.41) is 5.63. The van der Waals surface area contributed by atoms with Gasteiger partial charge in [-0.1, -0.05) is 44.0 Å². The lowest BCUT2D eigenvalue weighted by Crippen LogP contribution is -2.27. The number of benzene rings is 1. The van der Waals surface area contributed by atoms with Crippen molar-refractivity contribution in [2.75, 3.05) is 35.8 Å². The summed E-state index contributed by atoms with van der Waals surface area (Å²) in [7, 11) is 1.29. The van der Waals surface area contributed by atoms with Crippen LogP contribution in [0.5, 0.6) is 0 Å². The summed E-state index contributed by atoms with van der Waals surface area (Å²) in [6.45, 7) is 1.89. The first-order valence-electron chi connectivity index (χ1n) is 6.05. The van der Waals surface area contributed by atoms with Crippen molar-refractivity contribution in [3.8, 4) is 0 Å². The van der Waals surface area contributed by atoms with E-state index in [9.17, 15) is 4.79 Å². The molecule has 1 aromatic rings. The van der Waals surface area contributed by atoms with Crippen molar-refractivity contribution in [2.45, 2.75) is 0 Å². The second-order valence-electron chi connectivity index (χ2n) is 3.82. The molecule has 5 nitrogen and oxygen atoms in total. The summed E-state index contributed by atoms with van der Waals surface area (Å²) in [5.41, 5.74) is 4.30. The summed E-state index contributed by atoms with van der Waals surface area (Å²) < 4.78 is 4.41. The molecule has 1 aromatic carbocycles. The third-order valence-electron chi connectivity index (χ3n) is 2.52. The molecule has 7 heteroatoms. The molecule has 1 amide bonds. The van der Waals surface area contributed by atoms with Crippen LogP contribution in [-0.4, -0.2) is 43.2 Å². The van der Waals surface area contributed by atoms with Gasteiger partial charge in [-0.25, -0.2) is 10.2 Å². The Kier molecular flexibility index (Phi) is 8.29. The van der Waals surface area contributed by atoms with Crippen molar-refractivity contribution in [1.29, 1.82) is 0 Å². The molecule has 20 heavy (non-hydrogen) atoms. The van der Waals surface area contributed by atoms with Gasteiger partial charge in [0.2, 0.25) is 0 Å². The maximum absolute atomic E-state index is 10.8. The molecule has 0 saturated heterocycles. The zero-order chi connectivity index (χ0) is 14.8. The van der Waals surface area contributed by atoms with E-state index in [1.807, 2.05) is 24.3 Å². The number of carbonyl (C=O) groups excluding carboxylic acids is 1. The summed E-state index contributed by atoms with van der Waals surface area (Å²) in [5.74, 6) is 0. The molecule has 0 saturated carbocycles. The highest BCUT2D eigenvalue weighted by Gasteiger charge is 2.04. The Bertz CT molecular complexity index is 432. The second-order valence-corrected chi connectivity index (χ2v) is 5.40. The van der Waals surface area contributed by atoms with Crippen molar-refractivity contribution in [3.05, 3.63) is 29.8 Å². The number of hydrazone groups is 1. The Labute approximate surface area is 135 Å². The van der Waals surface area contributed by atoms with Gasteiger partial charge in [0.05, 0.1) is 13.3 Å². The molecule has 0 radical (unpaired) electrons. The molecule has 0 aromatic heterocycles. The largest absolute Gasteiger partial charge is 0.452 e. The molecule has 0 aliphatic carbocycles. The number of ether oxygens (including phenoxy) is 1. The highest BCUT2D eigenvalue weighted by Crippen LogP contribution is 2.15. The fourth-order valence-corrected chi connectivity index (χ4v) is 2.41. The van der Waals surface area contributed by atoms with Gasteiger partial charge in [-0.15, -0.1) is 0 Å². The maximum Gasteiger partial charge on any atom is 0.427 e. The number of nitrogens with zero attached hydrogens (tertiary/aromatic N) is 2. The Morgan fingerprint density at radius 2 is 1.90 bits per heavy atom. The van der Waals surface area contributed by atoms with E-state index >= 15 is 0 Å². The number of hydrogen-bond donors (Lipinski definition) is 1. The number of alkyl halides is 2. The predicted octanol–water partition coefficient (Wildman–Crippen LogP) is 2.97. The predicted molar refractivity (Wildman–Crippen MR) is 89.4 cm³/mol. The quantitative estimate of drug-likeness (QED) is 0.430. The van der Waals surface area contributed by atoms with Gasteiger partial charge in [0.25, 0.3) is 0 Å². The second kappa shape index (κ2) is 9.77. The molecular formula is C13H17Br2N3O2. The Balaban J connectivity index is 2.64. The van der Waals surface area contributed by atoms with Gasteiger partial charge in [-0.2, -0.15) is 5.10 Å². The van der Waals surface area contributed by atoms with Crippen LogP contribution in [0.25, 0.3) is 0 Å². The van der Waals surface area contributed by atoms with Crippen LogP contribution < -0.4 is 10.3 Å². The number of halogens is 2. The van der Waals surface area contributed by atoms with Gasteiger partial charge >= 0.3 is 6.09 Å². The fraction of sp³-hybridized carbons (Fsp3) is 0.385. The van der Waals surface area contributed by atoms with Crippen molar-refractivity contribution >= 4 is 49.9 Å². The van der Waals surface area contributed by atoms with Crippen LogP contribution in [-0.2, 0) is 4.74 Å². The first kappa shape index (κ1) is 17.0.